The van der Waals surface area contributed by atoms with Crippen molar-refractivity contribution in [2.45, 2.75) is 38.3 Å². The highest BCUT2D eigenvalue weighted by atomic mass is 19.2. The van der Waals surface area contributed by atoms with Gasteiger partial charge in [0.1, 0.15) is 0 Å². The van der Waals surface area contributed by atoms with Crippen LogP contribution in [0, 0.1) is 29.3 Å². The van der Waals surface area contributed by atoms with Gasteiger partial charge in [0, 0.05) is 17.4 Å². The molecule has 2 aliphatic rings. The van der Waals surface area contributed by atoms with Crippen LogP contribution in [0.1, 0.15) is 37.5 Å². The normalized spacial score (nSPS) is 28.9. The molecule has 2 fully saturated rings. The summed E-state index contributed by atoms with van der Waals surface area (Å²) in [5.41, 5.74) is 0.134. The molecule has 0 unspecified atom stereocenters. The molecule has 1 aromatic carbocycles. The Morgan fingerprint density at radius 2 is 1.41 bits per heavy atom. The van der Waals surface area contributed by atoms with Crippen LogP contribution in [0.4, 0.5) is 13.2 Å². The molecule has 2 heterocycles. The molecule has 0 saturated carbocycles. The first kappa shape index (κ1) is 20.3. The summed E-state index contributed by atoms with van der Waals surface area (Å²) in [6.45, 7) is 5.89. The molecule has 150 valence electrons. The van der Waals surface area contributed by atoms with Gasteiger partial charge in [0.2, 0.25) is 0 Å². The zero-order chi connectivity index (χ0) is 19.2. The van der Waals surface area contributed by atoms with Crippen LogP contribution in [0.25, 0.3) is 0 Å². The second kappa shape index (κ2) is 9.68. The van der Waals surface area contributed by atoms with E-state index in [0.29, 0.717) is 32.3 Å². The zero-order valence-electron chi connectivity index (χ0n) is 15.2. The van der Waals surface area contributed by atoms with Crippen molar-refractivity contribution in [2.75, 3.05) is 26.4 Å². The molecule has 7 heteroatoms. The summed E-state index contributed by atoms with van der Waals surface area (Å²) in [7, 11) is 0. The van der Waals surface area contributed by atoms with Gasteiger partial charge in [0.05, 0.1) is 26.4 Å². The Balaban J connectivity index is 1.38. The molecule has 4 nitrogen and oxygen atoms in total. The van der Waals surface area contributed by atoms with Gasteiger partial charge in [-0.1, -0.05) is 6.08 Å². The van der Waals surface area contributed by atoms with Gasteiger partial charge in [-0.25, -0.2) is 13.2 Å². The van der Waals surface area contributed by atoms with E-state index in [2.05, 4.69) is 6.58 Å². The number of rotatable bonds is 7. The van der Waals surface area contributed by atoms with Crippen molar-refractivity contribution in [3.8, 4) is 0 Å². The van der Waals surface area contributed by atoms with Crippen LogP contribution in [0.15, 0.2) is 24.8 Å². The van der Waals surface area contributed by atoms with Crippen LogP contribution in [0.3, 0.4) is 0 Å². The first-order chi connectivity index (χ1) is 13.1. The third kappa shape index (κ3) is 5.54. The van der Waals surface area contributed by atoms with Gasteiger partial charge < -0.3 is 18.9 Å². The van der Waals surface area contributed by atoms with Crippen molar-refractivity contribution in [2.24, 2.45) is 11.8 Å². The Morgan fingerprint density at radius 1 is 0.852 bits per heavy atom. The van der Waals surface area contributed by atoms with E-state index in [1.807, 2.05) is 6.08 Å². The Bertz CT molecular complexity index is 601. The molecular weight excluding hydrogens is 361 g/mol. The summed E-state index contributed by atoms with van der Waals surface area (Å²) in [5.74, 6) is -3.44. The Hall–Kier alpha value is -1.41. The van der Waals surface area contributed by atoms with Gasteiger partial charge in [-0.3, -0.25) is 0 Å². The maximum absolute atomic E-state index is 13.3. The SMILES string of the molecule is C=CCC[C@H]1CO[C@H](CC[C@H]2CO[C@H](c3cc(F)c(F)c(F)c3)OC2)OC1. The molecule has 0 radical (unpaired) electrons. The average molecular weight is 386 g/mol. The Morgan fingerprint density at radius 3 is 2.00 bits per heavy atom. The van der Waals surface area contributed by atoms with Gasteiger partial charge in [-0.2, -0.15) is 0 Å². The highest BCUT2D eigenvalue weighted by Gasteiger charge is 2.27. The molecule has 0 atom stereocenters. The molecular formula is C20H25F3O4. The molecule has 2 saturated heterocycles. The monoisotopic (exact) mass is 386 g/mol. The van der Waals surface area contributed by atoms with E-state index in [4.69, 9.17) is 18.9 Å². The molecule has 3 rings (SSSR count). The maximum Gasteiger partial charge on any atom is 0.194 e. The summed E-state index contributed by atoms with van der Waals surface area (Å²) in [5, 5.41) is 0. The fourth-order valence-corrected chi connectivity index (χ4v) is 3.26. The second-order valence-electron chi connectivity index (χ2n) is 7.07. The second-order valence-corrected chi connectivity index (χ2v) is 7.07. The first-order valence-electron chi connectivity index (χ1n) is 9.28. The lowest BCUT2D eigenvalue weighted by Crippen LogP contribution is -2.33. The molecule has 0 spiro atoms. The van der Waals surface area contributed by atoms with Crippen LogP contribution in [-0.2, 0) is 18.9 Å². The number of hydrogen-bond acceptors (Lipinski definition) is 4. The van der Waals surface area contributed by atoms with Crippen LogP contribution in [0.2, 0.25) is 0 Å². The number of hydrogen-bond donors (Lipinski definition) is 0. The third-order valence-electron chi connectivity index (χ3n) is 4.87. The molecule has 0 aliphatic carbocycles. The quantitative estimate of drug-likeness (QED) is 0.511. The number of allylic oxidation sites excluding steroid dienone is 1. The number of halogens is 3. The largest absolute Gasteiger partial charge is 0.352 e. The summed E-state index contributed by atoms with van der Waals surface area (Å²) < 4.78 is 62.3. The predicted molar refractivity (Wildman–Crippen MR) is 92.3 cm³/mol. The molecule has 0 amide bonds. The van der Waals surface area contributed by atoms with Gasteiger partial charge >= 0.3 is 0 Å². The van der Waals surface area contributed by atoms with Crippen molar-refractivity contribution < 1.29 is 32.1 Å². The van der Waals surface area contributed by atoms with E-state index >= 15 is 0 Å². The van der Waals surface area contributed by atoms with E-state index in [1.54, 1.807) is 0 Å². The van der Waals surface area contributed by atoms with Gasteiger partial charge in [0.15, 0.2) is 30.0 Å². The van der Waals surface area contributed by atoms with Gasteiger partial charge in [0.25, 0.3) is 0 Å². The fraction of sp³-hybridized carbons (Fsp3) is 0.600. The molecule has 2 aliphatic heterocycles. The first-order valence-corrected chi connectivity index (χ1v) is 9.28. The van der Waals surface area contributed by atoms with E-state index < -0.39 is 23.7 Å². The van der Waals surface area contributed by atoms with Crippen molar-refractivity contribution in [3.63, 3.8) is 0 Å². The third-order valence-corrected chi connectivity index (χ3v) is 4.87. The minimum absolute atomic E-state index is 0.134. The standard InChI is InChI=1S/C20H25F3O4/c1-2-3-4-13-9-24-18(25-10-13)6-5-14-11-26-20(27-12-14)15-7-16(21)19(23)17(22)8-15/h2,7-8,13-14,18,20H,1,3-6,9-12H2/t13-,14-,18-,20-. The lowest BCUT2D eigenvalue weighted by Gasteiger charge is -2.32. The maximum atomic E-state index is 13.3. The smallest absolute Gasteiger partial charge is 0.194 e. The minimum atomic E-state index is -1.49. The number of ether oxygens (including phenoxy) is 4. The molecule has 0 N–H and O–H groups in total. The van der Waals surface area contributed by atoms with Crippen molar-refractivity contribution in [3.05, 3.63) is 47.8 Å². The van der Waals surface area contributed by atoms with E-state index in [0.717, 1.165) is 37.8 Å². The highest BCUT2D eigenvalue weighted by molar-refractivity contribution is 5.20. The fourth-order valence-electron chi connectivity index (χ4n) is 3.26. The molecule has 27 heavy (non-hydrogen) atoms. The summed E-state index contributed by atoms with van der Waals surface area (Å²) in [6, 6.07) is 1.80. The van der Waals surface area contributed by atoms with Crippen molar-refractivity contribution in [1.29, 1.82) is 0 Å². The molecule has 0 aromatic heterocycles. The lowest BCUT2D eigenvalue weighted by molar-refractivity contribution is -0.220. The van der Waals surface area contributed by atoms with Crippen LogP contribution in [0.5, 0.6) is 0 Å². The van der Waals surface area contributed by atoms with Gasteiger partial charge in [-0.05, 0) is 37.8 Å². The van der Waals surface area contributed by atoms with Crippen LogP contribution < -0.4 is 0 Å². The molecule has 1 aromatic rings. The average Bonchev–Trinajstić information content (AvgIpc) is 2.69. The zero-order valence-corrected chi connectivity index (χ0v) is 15.2. The van der Waals surface area contributed by atoms with E-state index in [1.165, 1.54) is 0 Å². The number of benzene rings is 1. The van der Waals surface area contributed by atoms with E-state index in [-0.39, 0.29) is 17.8 Å². The predicted octanol–water partition coefficient (Wildman–Crippen LogP) is 4.50. The summed E-state index contributed by atoms with van der Waals surface area (Å²) >= 11 is 0. The van der Waals surface area contributed by atoms with Gasteiger partial charge in [-0.15, -0.1) is 6.58 Å². The lowest BCUT2D eigenvalue weighted by atomic mass is 10.0. The van der Waals surface area contributed by atoms with Crippen LogP contribution in [-0.4, -0.2) is 32.7 Å². The van der Waals surface area contributed by atoms with Crippen molar-refractivity contribution >= 4 is 0 Å². The van der Waals surface area contributed by atoms with E-state index in [9.17, 15) is 13.2 Å². The summed E-state index contributed by atoms with van der Waals surface area (Å²) in [6.07, 6.45) is 4.30. The Kier molecular flexibility index (Phi) is 7.29. The highest BCUT2D eigenvalue weighted by Crippen LogP contribution is 2.29. The van der Waals surface area contributed by atoms with Crippen LogP contribution >= 0.6 is 0 Å². The van der Waals surface area contributed by atoms with Crippen molar-refractivity contribution in [1.82, 2.24) is 0 Å². The topological polar surface area (TPSA) is 36.9 Å². The minimum Gasteiger partial charge on any atom is -0.352 e. The summed E-state index contributed by atoms with van der Waals surface area (Å²) in [4.78, 5) is 0. The molecule has 0 bridgehead atoms. The Labute approximate surface area is 157 Å².